The molecule has 1 fully saturated rings. The van der Waals surface area contributed by atoms with Gasteiger partial charge in [-0.15, -0.1) is 0 Å². The zero-order valence-corrected chi connectivity index (χ0v) is 8.53. The molecule has 0 saturated heterocycles. The lowest BCUT2D eigenvalue weighted by molar-refractivity contribution is 1.00. The van der Waals surface area contributed by atoms with Crippen LogP contribution in [-0.4, -0.2) is 14.4 Å². The summed E-state index contributed by atoms with van der Waals surface area (Å²) in [7, 11) is 0. The minimum atomic E-state index is 0.742. The van der Waals surface area contributed by atoms with E-state index in [0.29, 0.717) is 0 Å². The summed E-state index contributed by atoms with van der Waals surface area (Å²) in [5.74, 6) is 1.50. The third kappa shape index (κ3) is 1.16. The molecule has 2 heterocycles. The second-order valence-corrected chi connectivity index (χ2v) is 4.22. The summed E-state index contributed by atoms with van der Waals surface area (Å²) in [5, 5.41) is 0. The Morgan fingerprint density at radius 1 is 1.31 bits per heavy atom. The maximum Gasteiger partial charge on any atom is 0.234 e. The highest BCUT2D eigenvalue weighted by atomic mass is 79.9. The quantitative estimate of drug-likeness (QED) is 0.763. The Morgan fingerprint density at radius 2 is 2.08 bits per heavy atom. The fourth-order valence-electron chi connectivity index (χ4n) is 1.49. The molecule has 1 saturated carbocycles. The predicted molar refractivity (Wildman–Crippen MR) is 52.7 cm³/mol. The van der Waals surface area contributed by atoms with Crippen molar-refractivity contribution in [2.24, 2.45) is 0 Å². The molecule has 0 aliphatic heterocycles. The van der Waals surface area contributed by atoms with Crippen LogP contribution in [0.25, 0.3) is 5.78 Å². The lowest BCUT2D eigenvalue weighted by atomic mass is 10.2. The summed E-state index contributed by atoms with van der Waals surface area (Å²) in [6.07, 6.45) is 8.45. The van der Waals surface area contributed by atoms with E-state index in [0.717, 1.165) is 16.3 Å². The van der Waals surface area contributed by atoms with Crippen molar-refractivity contribution in [3.05, 3.63) is 28.8 Å². The number of fused-ring (bicyclic) bond motifs is 1. The molecule has 2 aromatic heterocycles. The second kappa shape index (κ2) is 2.54. The molecule has 13 heavy (non-hydrogen) atoms. The van der Waals surface area contributed by atoms with Gasteiger partial charge in [0.05, 0.1) is 6.20 Å². The van der Waals surface area contributed by atoms with Crippen LogP contribution in [0.15, 0.2) is 23.2 Å². The first-order chi connectivity index (χ1) is 6.34. The number of aromatic nitrogens is 3. The molecular weight excluding hydrogens is 230 g/mol. The smallest absolute Gasteiger partial charge is 0.234 e. The van der Waals surface area contributed by atoms with Gasteiger partial charge in [0.15, 0.2) is 0 Å². The highest BCUT2D eigenvalue weighted by molar-refractivity contribution is 9.10. The standard InChI is InChI=1S/C9H8BrN3/c10-8-4-12-9-11-3-7(5-13(8)9)6-1-2-6/h3-6H,1-2H2. The van der Waals surface area contributed by atoms with Crippen LogP contribution < -0.4 is 0 Å². The van der Waals surface area contributed by atoms with Crippen molar-refractivity contribution in [3.8, 4) is 0 Å². The highest BCUT2D eigenvalue weighted by Crippen LogP contribution is 2.39. The van der Waals surface area contributed by atoms with E-state index in [9.17, 15) is 0 Å². The summed E-state index contributed by atoms with van der Waals surface area (Å²) in [6, 6.07) is 0. The second-order valence-electron chi connectivity index (χ2n) is 3.41. The summed E-state index contributed by atoms with van der Waals surface area (Å²) in [5.41, 5.74) is 1.33. The van der Waals surface area contributed by atoms with Gasteiger partial charge in [-0.3, -0.25) is 4.40 Å². The lowest BCUT2D eigenvalue weighted by Crippen LogP contribution is -1.91. The number of hydrogen-bond acceptors (Lipinski definition) is 2. The van der Waals surface area contributed by atoms with Crippen LogP contribution in [-0.2, 0) is 0 Å². The Labute approximate surface area is 83.9 Å². The highest BCUT2D eigenvalue weighted by Gasteiger charge is 2.24. The number of nitrogens with zero attached hydrogens (tertiary/aromatic N) is 3. The summed E-state index contributed by atoms with van der Waals surface area (Å²) >= 11 is 3.43. The molecule has 2 aromatic rings. The first-order valence-corrected chi connectivity index (χ1v) is 5.12. The molecule has 3 nitrogen and oxygen atoms in total. The van der Waals surface area contributed by atoms with E-state index in [-0.39, 0.29) is 0 Å². The molecule has 0 bridgehead atoms. The Bertz CT molecular complexity index is 459. The van der Waals surface area contributed by atoms with Crippen LogP contribution in [0.3, 0.4) is 0 Å². The molecule has 0 unspecified atom stereocenters. The van der Waals surface area contributed by atoms with Crippen molar-refractivity contribution in [1.82, 2.24) is 14.4 Å². The van der Waals surface area contributed by atoms with Gasteiger partial charge < -0.3 is 0 Å². The molecule has 3 rings (SSSR count). The van der Waals surface area contributed by atoms with E-state index >= 15 is 0 Å². The van der Waals surface area contributed by atoms with Gasteiger partial charge in [0.1, 0.15) is 4.60 Å². The van der Waals surface area contributed by atoms with E-state index in [1.165, 1.54) is 18.4 Å². The predicted octanol–water partition coefficient (Wildman–Crippen LogP) is 2.37. The zero-order valence-electron chi connectivity index (χ0n) is 6.94. The summed E-state index contributed by atoms with van der Waals surface area (Å²) < 4.78 is 2.95. The SMILES string of the molecule is Brc1cnc2ncc(C3CC3)cn12. The van der Waals surface area contributed by atoms with Crippen LogP contribution in [0.2, 0.25) is 0 Å². The summed E-state index contributed by atoms with van der Waals surface area (Å²) in [4.78, 5) is 8.43. The van der Waals surface area contributed by atoms with Gasteiger partial charge in [-0.1, -0.05) is 0 Å². The number of imidazole rings is 1. The average molecular weight is 238 g/mol. The van der Waals surface area contributed by atoms with Crippen molar-refractivity contribution in [3.63, 3.8) is 0 Å². The molecule has 1 aliphatic rings. The van der Waals surface area contributed by atoms with Crippen molar-refractivity contribution in [2.45, 2.75) is 18.8 Å². The van der Waals surface area contributed by atoms with Crippen molar-refractivity contribution in [1.29, 1.82) is 0 Å². The first-order valence-electron chi connectivity index (χ1n) is 4.33. The van der Waals surface area contributed by atoms with Crippen LogP contribution in [0, 0.1) is 0 Å². The van der Waals surface area contributed by atoms with Gasteiger partial charge in [-0.05, 0) is 40.3 Å². The van der Waals surface area contributed by atoms with Crippen LogP contribution in [0.1, 0.15) is 24.3 Å². The average Bonchev–Trinajstić information content (AvgIpc) is 2.93. The van der Waals surface area contributed by atoms with E-state index < -0.39 is 0 Å². The Balaban J connectivity index is 2.24. The minimum Gasteiger partial charge on any atom is -0.278 e. The largest absolute Gasteiger partial charge is 0.278 e. The lowest BCUT2D eigenvalue weighted by Gasteiger charge is -1.98. The first kappa shape index (κ1) is 7.50. The van der Waals surface area contributed by atoms with E-state index in [1.54, 1.807) is 6.20 Å². The van der Waals surface area contributed by atoms with Crippen molar-refractivity contribution in [2.75, 3.05) is 0 Å². The van der Waals surface area contributed by atoms with Crippen LogP contribution in [0.4, 0.5) is 0 Å². The van der Waals surface area contributed by atoms with Gasteiger partial charge in [-0.25, -0.2) is 9.97 Å². The van der Waals surface area contributed by atoms with Crippen molar-refractivity contribution >= 4 is 21.7 Å². The molecule has 0 atom stereocenters. The Kier molecular flexibility index (Phi) is 1.47. The molecule has 66 valence electrons. The number of halogens is 1. The van der Waals surface area contributed by atoms with Gasteiger partial charge in [-0.2, -0.15) is 0 Å². The van der Waals surface area contributed by atoms with E-state index in [2.05, 4.69) is 32.1 Å². The topological polar surface area (TPSA) is 30.2 Å². The number of hydrogen-bond donors (Lipinski definition) is 0. The van der Waals surface area contributed by atoms with Gasteiger partial charge in [0, 0.05) is 12.4 Å². The summed E-state index contributed by atoms with van der Waals surface area (Å²) in [6.45, 7) is 0. The normalized spacial score (nSPS) is 16.7. The van der Waals surface area contributed by atoms with Gasteiger partial charge >= 0.3 is 0 Å². The molecule has 0 spiro atoms. The van der Waals surface area contributed by atoms with E-state index in [4.69, 9.17) is 0 Å². The monoisotopic (exact) mass is 237 g/mol. The van der Waals surface area contributed by atoms with Crippen LogP contribution in [0.5, 0.6) is 0 Å². The molecule has 1 aliphatic carbocycles. The third-order valence-electron chi connectivity index (χ3n) is 2.39. The molecule has 0 amide bonds. The Morgan fingerprint density at radius 3 is 2.85 bits per heavy atom. The molecule has 0 aromatic carbocycles. The maximum atomic E-state index is 4.29. The minimum absolute atomic E-state index is 0.742. The van der Waals surface area contributed by atoms with E-state index in [1.807, 2.05) is 10.6 Å². The Hall–Kier alpha value is -0.900. The van der Waals surface area contributed by atoms with Gasteiger partial charge in [0.2, 0.25) is 5.78 Å². The fourth-order valence-corrected chi connectivity index (χ4v) is 1.85. The molecular formula is C9H8BrN3. The van der Waals surface area contributed by atoms with Crippen molar-refractivity contribution < 1.29 is 0 Å². The molecule has 4 heteroatoms. The molecule has 0 N–H and O–H groups in total. The fraction of sp³-hybridized carbons (Fsp3) is 0.333. The maximum absolute atomic E-state index is 4.29. The number of rotatable bonds is 1. The zero-order chi connectivity index (χ0) is 8.84. The third-order valence-corrected chi connectivity index (χ3v) is 2.97. The molecule has 0 radical (unpaired) electrons. The van der Waals surface area contributed by atoms with Crippen LogP contribution >= 0.6 is 15.9 Å². The van der Waals surface area contributed by atoms with Gasteiger partial charge in [0.25, 0.3) is 0 Å².